The Hall–Kier alpha value is -0.0900. The van der Waals surface area contributed by atoms with Gasteiger partial charge < -0.3 is 10.5 Å². The summed E-state index contributed by atoms with van der Waals surface area (Å²) < 4.78 is 8.89. The molecular weight excluding hydrogens is 841 g/mol. The fraction of sp³-hybridized carbons (Fsp3) is 0.320. The Balaban J connectivity index is 0.000000582. The van der Waals surface area contributed by atoms with Gasteiger partial charge >= 0.3 is 6.09 Å². The zero-order valence-electron chi connectivity index (χ0n) is 20.6. The van der Waals surface area contributed by atoms with Crippen molar-refractivity contribution in [1.29, 1.82) is 0 Å². The van der Waals surface area contributed by atoms with Gasteiger partial charge in [0.25, 0.3) is 0 Å². The van der Waals surface area contributed by atoms with Crippen LogP contribution in [0.3, 0.4) is 0 Å². The second-order valence-electron chi connectivity index (χ2n) is 7.87. The number of fused-ring (bicyclic) bond motifs is 2. The molecule has 3 N–H and O–H groups in total. The maximum atomic E-state index is 11.7. The van der Waals surface area contributed by atoms with Crippen molar-refractivity contribution in [3.05, 3.63) is 59.7 Å². The molecular formula is C25H32ClI3N2O2S2. The first-order valence-corrected chi connectivity index (χ1v) is 17.1. The van der Waals surface area contributed by atoms with E-state index < -0.39 is 11.7 Å². The molecule has 0 unspecified atom stereocenters. The van der Waals surface area contributed by atoms with Gasteiger partial charge in [0.15, 0.2) is 0 Å². The number of hydrogen-bond acceptors (Lipinski definition) is 5. The number of carbonyl (C=O) groups excluding carboxylic acids is 1. The normalized spacial score (nSPS) is 9.97. The predicted octanol–water partition coefficient (Wildman–Crippen LogP) is 10.6. The smallest absolute Gasteiger partial charge is 0.412 e. The van der Waals surface area contributed by atoms with Gasteiger partial charge in [-0.1, -0.05) is 104 Å². The summed E-state index contributed by atoms with van der Waals surface area (Å²) in [5, 5.41) is 7.06. The Kier molecular flexibility index (Phi) is 17.4. The molecule has 0 saturated heterocycles. The number of alkyl halides is 3. The summed E-state index contributed by atoms with van der Waals surface area (Å²) in [6, 6.07) is 16.4. The number of amides is 1. The van der Waals surface area contributed by atoms with Crippen LogP contribution in [0.2, 0.25) is 0 Å². The van der Waals surface area contributed by atoms with Gasteiger partial charge in [0, 0.05) is 9.40 Å². The van der Waals surface area contributed by atoms with Crippen molar-refractivity contribution in [3.8, 4) is 0 Å². The highest BCUT2D eigenvalue weighted by molar-refractivity contribution is 14.2. The summed E-state index contributed by atoms with van der Waals surface area (Å²) in [6.45, 7) is 9.62. The van der Waals surface area contributed by atoms with Gasteiger partial charge in [0.05, 0.1) is 7.44 Å². The number of rotatable bonds is 1. The fourth-order valence-electron chi connectivity index (χ4n) is 2.88. The minimum Gasteiger partial charge on any atom is -0.444 e. The van der Waals surface area contributed by atoms with Crippen molar-refractivity contribution in [2.45, 2.75) is 40.2 Å². The zero-order valence-corrected chi connectivity index (χ0v) is 29.5. The molecule has 2 heterocycles. The van der Waals surface area contributed by atoms with Gasteiger partial charge in [-0.2, -0.15) is 0 Å². The molecule has 194 valence electrons. The van der Waals surface area contributed by atoms with E-state index in [9.17, 15) is 4.79 Å². The van der Waals surface area contributed by atoms with Crippen LogP contribution in [-0.4, -0.2) is 19.1 Å². The highest BCUT2D eigenvalue weighted by Crippen LogP contribution is 2.35. The molecule has 35 heavy (non-hydrogen) atoms. The molecule has 2 aromatic heterocycles. The Morgan fingerprint density at radius 2 is 1.34 bits per heavy atom. The van der Waals surface area contributed by atoms with Crippen molar-refractivity contribution >= 4 is 139 Å². The van der Waals surface area contributed by atoms with Crippen LogP contribution in [0, 0.1) is 13.8 Å². The quantitative estimate of drug-likeness (QED) is 0.148. The summed E-state index contributed by atoms with van der Waals surface area (Å²) in [5.74, 6) is 0. The average Bonchev–Trinajstić information content (AvgIpc) is 3.25. The standard InChI is InChI=1S/C14H17NO2S.C9H9NS.CH2I2.CH3I.ClH/c1-9-10-7-5-6-8-11(10)18-12(9)15-13(16)17-14(2,3)4;1-6-7-4-2-3-5-8(7)11-9(6)10;2-1-3;1-2;/h5-8H,1-4H3,(H,15,16);2-5H,10H2,1H3;1H2;1H3;1H. The molecule has 0 atom stereocenters. The Bertz CT molecular complexity index is 1190. The monoisotopic (exact) mass is 872 g/mol. The Labute approximate surface area is 264 Å². The molecule has 2 aromatic carbocycles. The number of benzene rings is 2. The van der Waals surface area contributed by atoms with Crippen molar-refractivity contribution in [2.24, 2.45) is 0 Å². The molecule has 0 aliphatic carbocycles. The number of nitrogen functional groups attached to an aromatic ring is 1. The Morgan fingerprint density at radius 3 is 1.77 bits per heavy atom. The van der Waals surface area contributed by atoms with Gasteiger partial charge in [0.2, 0.25) is 0 Å². The molecule has 10 heteroatoms. The number of halogens is 4. The molecule has 1 amide bonds. The fourth-order valence-corrected chi connectivity index (χ4v) is 4.96. The van der Waals surface area contributed by atoms with E-state index in [-0.39, 0.29) is 12.4 Å². The average molecular weight is 873 g/mol. The third-order valence-corrected chi connectivity index (χ3v) is 6.63. The first-order chi connectivity index (χ1) is 16.1. The molecule has 4 aromatic rings. The number of aryl methyl sites for hydroxylation is 2. The van der Waals surface area contributed by atoms with E-state index in [1.807, 2.05) is 63.0 Å². The number of anilines is 2. The number of nitrogens with two attached hydrogens (primary N) is 1. The largest absolute Gasteiger partial charge is 0.444 e. The molecule has 0 spiro atoms. The number of thiophene rings is 2. The van der Waals surface area contributed by atoms with E-state index in [4.69, 9.17) is 10.5 Å². The van der Waals surface area contributed by atoms with Crippen molar-refractivity contribution in [1.82, 2.24) is 0 Å². The summed E-state index contributed by atoms with van der Waals surface area (Å²) in [5.41, 5.74) is 7.59. The van der Waals surface area contributed by atoms with Gasteiger partial charge in [-0.25, -0.2) is 4.79 Å². The van der Waals surface area contributed by atoms with Crippen LogP contribution in [0.4, 0.5) is 14.8 Å². The summed E-state index contributed by atoms with van der Waals surface area (Å²) in [4.78, 5) is 13.7. The van der Waals surface area contributed by atoms with Crippen LogP contribution in [-0.2, 0) is 4.74 Å². The molecule has 0 radical (unpaired) electrons. The van der Waals surface area contributed by atoms with Crippen molar-refractivity contribution in [2.75, 3.05) is 18.4 Å². The van der Waals surface area contributed by atoms with Gasteiger partial charge in [-0.15, -0.1) is 35.1 Å². The first kappa shape index (κ1) is 34.9. The molecule has 4 rings (SSSR count). The van der Waals surface area contributed by atoms with Gasteiger partial charge in [-0.3, -0.25) is 5.32 Å². The lowest BCUT2D eigenvalue weighted by Gasteiger charge is -2.19. The molecule has 0 saturated carbocycles. The highest BCUT2D eigenvalue weighted by atomic mass is 127. The lowest BCUT2D eigenvalue weighted by Crippen LogP contribution is -2.27. The molecule has 0 aliphatic heterocycles. The highest BCUT2D eigenvalue weighted by Gasteiger charge is 2.18. The SMILES string of the molecule is CI.Cc1c(N)sc2ccccc12.Cc1c(NC(=O)OC(C)(C)C)sc2ccccc12.Cl.ICI. The van der Waals surface area contributed by atoms with Crippen LogP contribution in [0.15, 0.2) is 48.5 Å². The lowest BCUT2D eigenvalue weighted by atomic mass is 10.2. The van der Waals surface area contributed by atoms with E-state index in [0.717, 1.165) is 15.6 Å². The van der Waals surface area contributed by atoms with Crippen LogP contribution in [0.1, 0.15) is 31.9 Å². The molecule has 0 bridgehead atoms. The molecule has 0 aliphatic rings. The van der Waals surface area contributed by atoms with Crippen molar-refractivity contribution in [3.63, 3.8) is 0 Å². The number of carbonyl (C=O) groups is 1. The van der Waals surface area contributed by atoms with E-state index >= 15 is 0 Å². The van der Waals surface area contributed by atoms with E-state index in [2.05, 4.69) is 98.2 Å². The van der Waals surface area contributed by atoms with Gasteiger partial charge in [-0.05, 0) is 73.6 Å². The number of hydrogen-bond donors (Lipinski definition) is 2. The minimum absolute atomic E-state index is 0. The van der Waals surface area contributed by atoms with Crippen LogP contribution >= 0.6 is 103 Å². The molecule has 0 fully saturated rings. The van der Waals surface area contributed by atoms with E-state index in [1.54, 1.807) is 22.7 Å². The third-order valence-electron chi connectivity index (χ3n) is 4.34. The van der Waals surface area contributed by atoms with E-state index in [1.165, 1.54) is 28.2 Å². The Morgan fingerprint density at radius 1 is 0.914 bits per heavy atom. The summed E-state index contributed by atoms with van der Waals surface area (Å²) in [7, 11) is 0. The maximum absolute atomic E-state index is 11.7. The lowest BCUT2D eigenvalue weighted by molar-refractivity contribution is 0.0636. The third kappa shape index (κ3) is 11.5. The zero-order chi connectivity index (χ0) is 25.9. The number of nitrogens with one attached hydrogen (secondary N) is 1. The van der Waals surface area contributed by atoms with Crippen molar-refractivity contribution < 1.29 is 9.53 Å². The second-order valence-corrected chi connectivity index (χ2v) is 14.4. The topological polar surface area (TPSA) is 64.3 Å². The van der Waals surface area contributed by atoms with Crippen LogP contribution < -0.4 is 11.1 Å². The predicted molar refractivity (Wildman–Crippen MR) is 187 cm³/mol. The van der Waals surface area contributed by atoms with Gasteiger partial charge in [0.1, 0.15) is 10.6 Å². The maximum Gasteiger partial charge on any atom is 0.412 e. The first-order valence-electron chi connectivity index (χ1n) is 10.3. The van der Waals surface area contributed by atoms with Crippen LogP contribution in [0.25, 0.3) is 20.2 Å². The second kappa shape index (κ2) is 17.4. The van der Waals surface area contributed by atoms with Crippen LogP contribution in [0.5, 0.6) is 0 Å². The molecule has 4 nitrogen and oxygen atoms in total. The number of ether oxygens (including phenoxy) is 1. The summed E-state index contributed by atoms with van der Waals surface area (Å²) in [6.07, 6.45) is -0.405. The summed E-state index contributed by atoms with van der Waals surface area (Å²) >= 11 is 9.92. The van der Waals surface area contributed by atoms with E-state index in [0.29, 0.717) is 0 Å². The minimum atomic E-state index is -0.478.